The summed E-state index contributed by atoms with van der Waals surface area (Å²) in [7, 11) is 0. The van der Waals surface area contributed by atoms with Gasteiger partial charge in [-0.05, 0) is 43.9 Å². The van der Waals surface area contributed by atoms with Gasteiger partial charge in [-0.25, -0.2) is 14.4 Å². The monoisotopic (exact) mass is 356 g/mol. The van der Waals surface area contributed by atoms with Crippen LogP contribution in [-0.4, -0.2) is 40.5 Å². The quantitative estimate of drug-likeness (QED) is 0.830. The third-order valence-electron chi connectivity index (χ3n) is 5.43. The van der Waals surface area contributed by atoms with Gasteiger partial charge in [-0.15, -0.1) is 0 Å². The molecule has 0 amide bonds. The lowest BCUT2D eigenvalue weighted by atomic mass is 10.0. The van der Waals surface area contributed by atoms with Crippen LogP contribution in [0, 0.1) is 25.6 Å². The van der Waals surface area contributed by atoms with Crippen LogP contribution >= 0.6 is 0 Å². The van der Waals surface area contributed by atoms with Crippen molar-refractivity contribution in [2.75, 3.05) is 24.5 Å². The van der Waals surface area contributed by atoms with Crippen molar-refractivity contribution in [1.82, 2.24) is 14.9 Å². The summed E-state index contributed by atoms with van der Waals surface area (Å²) in [6.07, 6.45) is 2.76. The van der Waals surface area contributed by atoms with Crippen molar-refractivity contribution in [2.45, 2.75) is 46.7 Å². The minimum Gasteiger partial charge on any atom is -0.355 e. The number of rotatable bonds is 4. The van der Waals surface area contributed by atoms with E-state index in [1.807, 2.05) is 19.1 Å². The molecule has 0 spiro atoms. The zero-order chi connectivity index (χ0) is 18.7. The molecule has 140 valence electrons. The average molecular weight is 356 g/mol. The molecule has 3 rings (SSSR count). The van der Waals surface area contributed by atoms with E-state index in [2.05, 4.69) is 40.5 Å². The first-order valence-electron chi connectivity index (χ1n) is 9.47. The smallest absolute Gasteiger partial charge is 0.135 e. The molecule has 1 aromatic carbocycles. The van der Waals surface area contributed by atoms with Crippen molar-refractivity contribution in [3.05, 3.63) is 53.2 Å². The molecule has 1 aliphatic heterocycles. The molecule has 4 nitrogen and oxygen atoms in total. The Hall–Kier alpha value is -2.01. The van der Waals surface area contributed by atoms with Crippen LogP contribution in [0.5, 0.6) is 0 Å². The second kappa shape index (κ2) is 8.12. The summed E-state index contributed by atoms with van der Waals surface area (Å²) in [5.41, 5.74) is 3.38. The van der Waals surface area contributed by atoms with Crippen molar-refractivity contribution in [3.8, 4) is 0 Å². The molecule has 1 aliphatic rings. The van der Waals surface area contributed by atoms with E-state index in [9.17, 15) is 4.39 Å². The summed E-state index contributed by atoms with van der Waals surface area (Å²) in [5.74, 6) is 1.41. The third-order valence-corrected chi connectivity index (χ3v) is 5.43. The van der Waals surface area contributed by atoms with Gasteiger partial charge in [0.2, 0.25) is 0 Å². The molecular formula is C21H29FN4. The maximum atomic E-state index is 13.2. The predicted octanol–water partition coefficient (Wildman–Crippen LogP) is 3.97. The number of nitrogens with zero attached hydrogens (tertiary/aromatic N) is 4. The fraction of sp³-hybridized carbons (Fsp3) is 0.524. The molecule has 2 heterocycles. The van der Waals surface area contributed by atoms with Gasteiger partial charge in [0.05, 0.1) is 0 Å². The minimum atomic E-state index is -0.175. The van der Waals surface area contributed by atoms with Crippen molar-refractivity contribution in [3.63, 3.8) is 0 Å². The molecule has 0 bridgehead atoms. The second-order valence-corrected chi connectivity index (χ2v) is 7.62. The summed E-state index contributed by atoms with van der Waals surface area (Å²) >= 11 is 0. The van der Waals surface area contributed by atoms with Crippen LogP contribution in [-0.2, 0) is 6.54 Å². The van der Waals surface area contributed by atoms with Crippen molar-refractivity contribution in [1.29, 1.82) is 0 Å². The van der Waals surface area contributed by atoms with Crippen LogP contribution in [0.2, 0.25) is 0 Å². The minimum absolute atomic E-state index is 0.175. The Kier molecular flexibility index (Phi) is 5.87. The van der Waals surface area contributed by atoms with E-state index in [1.54, 1.807) is 18.5 Å². The maximum Gasteiger partial charge on any atom is 0.135 e. The van der Waals surface area contributed by atoms with Gasteiger partial charge in [-0.3, -0.25) is 4.90 Å². The van der Waals surface area contributed by atoms with E-state index >= 15 is 0 Å². The Morgan fingerprint density at radius 3 is 2.54 bits per heavy atom. The van der Waals surface area contributed by atoms with Gasteiger partial charge >= 0.3 is 0 Å². The molecule has 0 unspecified atom stereocenters. The molecule has 1 atom stereocenters. The number of aryl methyl sites for hydroxylation is 1. The van der Waals surface area contributed by atoms with E-state index in [0.717, 1.165) is 44.1 Å². The highest BCUT2D eigenvalue weighted by atomic mass is 19.1. The summed E-state index contributed by atoms with van der Waals surface area (Å²) in [4.78, 5) is 13.8. The van der Waals surface area contributed by atoms with E-state index < -0.39 is 0 Å². The Morgan fingerprint density at radius 1 is 1.12 bits per heavy atom. The molecule has 0 N–H and O–H groups in total. The largest absolute Gasteiger partial charge is 0.355 e. The summed E-state index contributed by atoms with van der Waals surface area (Å²) in [5, 5.41) is 0. The molecular weight excluding hydrogens is 327 g/mol. The number of halogens is 1. The highest BCUT2D eigenvalue weighted by Crippen LogP contribution is 2.25. The lowest BCUT2D eigenvalue weighted by molar-refractivity contribution is 0.161. The zero-order valence-electron chi connectivity index (χ0n) is 16.2. The van der Waals surface area contributed by atoms with Crippen LogP contribution in [0.25, 0.3) is 0 Å². The average Bonchev–Trinajstić information content (AvgIpc) is 2.82. The van der Waals surface area contributed by atoms with Crippen LogP contribution in [0.1, 0.15) is 37.1 Å². The molecule has 1 aromatic heterocycles. The van der Waals surface area contributed by atoms with Gasteiger partial charge in [0, 0.05) is 43.5 Å². The molecule has 0 radical (unpaired) electrons. The van der Waals surface area contributed by atoms with E-state index in [0.29, 0.717) is 12.0 Å². The third kappa shape index (κ3) is 4.21. The lowest BCUT2D eigenvalue weighted by Gasteiger charge is -2.35. The Bertz CT molecular complexity index is 729. The van der Waals surface area contributed by atoms with Gasteiger partial charge in [-0.2, -0.15) is 0 Å². The summed E-state index contributed by atoms with van der Waals surface area (Å²) in [6, 6.07) is 7.33. The first-order valence-corrected chi connectivity index (χ1v) is 9.47. The molecule has 1 saturated heterocycles. The molecule has 0 aliphatic carbocycles. The van der Waals surface area contributed by atoms with Crippen LogP contribution in [0.4, 0.5) is 10.2 Å². The number of hydrogen-bond donors (Lipinski definition) is 0. The molecule has 2 aromatic rings. The van der Waals surface area contributed by atoms with Crippen LogP contribution < -0.4 is 4.90 Å². The highest BCUT2D eigenvalue weighted by Gasteiger charge is 2.28. The number of hydrogen-bond acceptors (Lipinski definition) is 4. The van der Waals surface area contributed by atoms with Crippen LogP contribution in [0.15, 0.2) is 30.6 Å². The number of aromatic nitrogens is 2. The SMILES string of the molecule is Cc1ncnc(N2CCCN(Cc3ccc(F)cc3)[C@@H](C(C)C)C2)c1C. The molecule has 5 heteroatoms. The normalized spacial score (nSPS) is 19.0. The van der Waals surface area contributed by atoms with Crippen molar-refractivity contribution >= 4 is 5.82 Å². The Morgan fingerprint density at radius 2 is 1.85 bits per heavy atom. The van der Waals surface area contributed by atoms with Gasteiger partial charge in [0.15, 0.2) is 0 Å². The first kappa shape index (κ1) is 18.8. The molecule has 26 heavy (non-hydrogen) atoms. The van der Waals surface area contributed by atoms with E-state index in [-0.39, 0.29) is 5.82 Å². The van der Waals surface area contributed by atoms with Crippen LogP contribution in [0.3, 0.4) is 0 Å². The summed E-state index contributed by atoms with van der Waals surface area (Å²) < 4.78 is 13.2. The first-order chi connectivity index (χ1) is 12.5. The fourth-order valence-corrected chi connectivity index (χ4v) is 3.75. The summed E-state index contributed by atoms with van der Waals surface area (Å²) in [6.45, 7) is 12.6. The standard InChI is InChI=1S/C21H29FN4/c1-15(2)20-13-26(21-16(3)17(4)23-14-24-21)11-5-10-25(20)12-18-6-8-19(22)9-7-18/h6-9,14-15,20H,5,10-13H2,1-4H3/t20-/m1/s1. The fourth-order valence-electron chi connectivity index (χ4n) is 3.75. The van der Waals surface area contributed by atoms with Gasteiger partial charge in [0.1, 0.15) is 18.0 Å². The second-order valence-electron chi connectivity index (χ2n) is 7.62. The predicted molar refractivity (Wildman–Crippen MR) is 104 cm³/mol. The van der Waals surface area contributed by atoms with Crippen molar-refractivity contribution < 1.29 is 4.39 Å². The maximum absolute atomic E-state index is 13.2. The van der Waals surface area contributed by atoms with Gasteiger partial charge in [-0.1, -0.05) is 26.0 Å². The highest BCUT2D eigenvalue weighted by molar-refractivity contribution is 5.47. The lowest BCUT2D eigenvalue weighted by Crippen LogP contribution is -2.44. The zero-order valence-corrected chi connectivity index (χ0v) is 16.2. The Balaban J connectivity index is 1.81. The number of anilines is 1. The number of benzene rings is 1. The van der Waals surface area contributed by atoms with E-state index in [4.69, 9.17) is 0 Å². The van der Waals surface area contributed by atoms with Gasteiger partial charge in [0.25, 0.3) is 0 Å². The molecule has 0 saturated carbocycles. The van der Waals surface area contributed by atoms with E-state index in [1.165, 1.54) is 11.1 Å². The molecule has 1 fully saturated rings. The van der Waals surface area contributed by atoms with Crippen molar-refractivity contribution in [2.24, 2.45) is 5.92 Å². The topological polar surface area (TPSA) is 32.3 Å². The van der Waals surface area contributed by atoms with Gasteiger partial charge < -0.3 is 4.90 Å². The Labute approximate surface area is 156 Å².